The number of aliphatic carboxylic acids is 1. The zero-order valence-electron chi connectivity index (χ0n) is 18.5. The Balaban J connectivity index is 0. The number of unbranched alkanes of at least 4 members (excludes halogenated alkanes) is 10. The van der Waals surface area contributed by atoms with E-state index in [4.69, 9.17) is 25.2 Å². The molecule has 0 spiro atoms. The van der Waals surface area contributed by atoms with Gasteiger partial charge in [-0.1, -0.05) is 50.7 Å². The molecule has 0 radical (unpaired) electrons. The van der Waals surface area contributed by atoms with Crippen LogP contribution in [-0.2, 0) is 14.3 Å². The maximum absolute atomic E-state index is 11.1. The molecule has 0 amide bonds. The van der Waals surface area contributed by atoms with Gasteiger partial charge in [-0.05, 0) is 45.4 Å². The van der Waals surface area contributed by atoms with Crippen molar-refractivity contribution in [3.05, 3.63) is 24.3 Å². The summed E-state index contributed by atoms with van der Waals surface area (Å²) in [7, 11) is 0. The molecule has 7 nitrogen and oxygen atoms in total. The number of hydrogen-bond acceptors (Lipinski definition) is 6. The molecule has 176 valence electrons. The molecule has 4 N–H and O–H groups in total. The topological polar surface area (TPSA) is 124 Å². The van der Waals surface area contributed by atoms with Gasteiger partial charge < -0.3 is 25.2 Å². The van der Waals surface area contributed by atoms with E-state index in [0.717, 1.165) is 77.0 Å². The van der Waals surface area contributed by atoms with E-state index in [9.17, 15) is 9.59 Å². The van der Waals surface area contributed by atoms with Gasteiger partial charge in [0.1, 0.15) is 6.61 Å². The van der Waals surface area contributed by atoms with E-state index in [1.807, 2.05) is 0 Å². The van der Waals surface area contributed by atoms with Crippen molar-refractivity contribution < 1.29 is 34.8 Å². The quantitative estimate of drug-likeness (QED) is 0.148. The largest absolute Gasteiger partial charge is 0.478 e. The van der Waals surface area contributed by atoms with Crippen LogP contribution in [0.25, 0.3) is 0 Å². The van der Waals surface area contributed by atoms with Crippen LogP contribution in [0.1, 0.15) is 84.0 Å². The average molecular weight is 431 g/mol. The van der Waals surface area contributed by atoms with Gasteiger partial charge in [0, 0.05) is 25.4 Å². The zero-order chi connectivity index (χ0) is 22.9. The van der Waals surface area contributed by atoms with Crippen molar-refractivity contribution >= 4 is 11.9 Å². The third-order valence-corrected chi connectivity index (χ3v) is 4.04. The molecule has 30 heavy (non-hydrogen) atoms. The van der Waals surface area contributed by atoms with Crippen molar-refractivity contribution in [3.63, 3.8) is 0 Å². The van der Waals surface area contributed by atoms with Crippen LogP contribution in [0.3, 0.4) is 0 Å². The van der Waals surface area contributed by atoms with Crippen molar-refractivity contribution in [2.75, 3.05) is 19.8 Å². The molecule has 0 aromatic heterocycles. The van der Waals surface area contributed by atoms with Crippen LogP contribution >= 0.6 is 0 Å². The molecule has 0 aliphatic rings. The molecule has 0 aliphatic heterocycles. The highest BCUT2D eigenvalue weighted by atomic mass is 16.5. The molecule has 0 aromatic rings. The molecular formula is C23H42O7. The second kappa shape index (κ2) is 25.3. The Morgan fingerprint density at radius 1 is 0.767 bits per heavy atom. The van der Waals surface area contributed by atoms with Crippen LogP contribution in [-0.4, -0.2) is 58.3 Å². The standard InChI is InChI=1S/C13H24O4.C10H18O3/c1-12(15)11-17-13(16)9-7-5-3-2-4-6-8-10-14;11-9-7-5-3-1-2-4-6-8-10(12)13/h7,9,12,14-15H,2-6,8,10-11H2,1H3;6,8,11H,1-5,7,9H2,(H,12,13). The number of aliphatic hydroxyl groups is 3. The molecule has 0 rings (SSSR count). The normalized spacial score (nSPS) is 12.0. The fourth-order valence-corrected chi connectivity index (χ4v) is 2.42. The number of allylic oxidation sites excluding steroid dienone is 2. The predicted octanol–water partition coefficient (Wildman–Crippen LogP) is 3.76. The second-order valence-electron chi connectivity index (χ2n) is 7.18. The predicted molar refractivity (Wildman–Crippen MR) is 118 cm³/mol. The Morgan fingerprint density at radius 3 is 1.63 bits per heavy atom. The minimum Gasteiger partial charge on any atom is -0.478 e. The molecule has 0 heterocycles. The molecule has 0 bridgehead atoms. The van der Waals surface area contributed by atoms with E-state index < -0.39 is 18.0 Å². The van der Waals surface area contributed by atoms with Crippen LogP contribution < -0.4 is 0 Å². The maximum atomic E-state index is 11.1. The highest BCUT2D eigenvalue weighted by molar-refractivity contribution is 5.81. The van der Waals surface area contributed by atoms with E-state index >= 15 is 0 Å². The molecular weight excluding hydrogens is 388 g/mol. The summed E-state index contributed by atoms with van der Waals surface area (Å²) in [5, 5.41) is 34.2. The summed E-state index contributed by atoms with van der Waals surface area (Å²) in [5.41, 5.74) is 0. The summed E-state index contributed by atoms with van der Waals surface area (Å²) in [5.74, 6) is -1.27. The molecule has 0 fully saturated rings. The summed E-state index contributed by atoms with van der Waals surface area (Å²) < 4.78 is 4.76. The van der Waals surface area contributed by atoms with Gasteiger partial charge in [0.05, 0.1) is 6.10 Å². The Bertz CT molecular complexity index is 445. The van der Waals surface area contributed by atoms with Gasteiger partial charge in [-0.3, -0.25) is 0 Å². The van der Waals surface area contributed by atoms with Crippen molar-refractivity contribution in [1.29, 1.82) is 0 Å². The van der Waals surface area contributed by atoms with Crippen molar-refractivity contribution in [1.82, 2.24) is 0 Å². The Morgan fingerprint density at radius 2 is 1.20 bits per heavy atom. The molecule has 1 atom stereocenters. The number of ether oxygens (including phenoxy) is 1. The number of esters is 1. The third-order valence-electron chi connectivity index (χ3n) is 4.04. The van der Waals surface area contributed by atoms with Gasteiger partial charge >= 0.3 is 11.9 Å². The van der Waals surface area contributed by atoms with Crippen molar-refractivity contribution in [3.8, 4) is 0 Å². The molecule has 0 aliphatic carbocycles. The summed E-state index contributed by atoms with van der Waals surface area (Å²) in [4.78, 5) is 21.1. The van der Waals surface area contributed by atoms with E-state index in [1.54, 1.807) is 19.1 Å². The zero-order valence-corrected chi connectivity index (χ0v) is 18.5. The first-order chi connectivity index (χ1) is 14.4. The Labute approximate surface area is 181 Å². The first kappa shape index (κ1) is 30.5. The summed E-state index contributed by atoms with van der Waals surface area (Å²) in [6, 6.07) is 0. The number of aliphatic hydroxyl groups excluding tert-OH is 3. The fraction of sp³-hybridized carbons (Fsp3) is 0.739. The van der Waals surface area contributed by atoms with Crippen LogP contribution in [0.5, 0.6) is 0 Å². The van der Waals surface area contributed by atoms with Crippen LogP contribution in [0.15, 0.2) is 24.3 Å². The van der Waals surface area contributed by atoms with Gasteiger partial charge in [-0.2, -0.15) is 0 Å². The number of carboxylic acids is 1. The number of hydrogen-bond donors (Lipinski definition) is 4. The number of rotatable bonds is 18. The van der Waals surface area contributed by atoms with Gasteiger partial charge in [0.25, 0.3) is 0 Å². The molecule has 0 saturated carbocycles. The van der Waals surface area contributed by atoms with E-state index in [2.05, 4.69) is 0 Å². The average Bonchev–Trinajstić information content (AvgIpc) is 2.70. The second-order valence-corrected chi connectivity index (χ2v) is 7.18. The van der Waals surface area contributed by atoms with Gasteiger partial charge in [-0.15, -0.1) is 0 Å². The molecule has 1 unspecified atom stereocenters. The van der Waals surface area contributed by atoms with Crippen LogP contribution in [0.2, 0.25) is 0 Å². The Kier molecular flexibility index (Phi) is 25.8. The third kappa shape index (κ3) is 31.0. The van der Waals surface area contributed by atoms with Crippen LogP contribution in [0.4, 0.5) is 0 Å². The van der Waals surface area contributed by atoms with Crippen molar-refractivity contribution in [2.45, 2.75) is 90.1 Å². The molecule has 0 saturated heterocycles. The van der Waals surface area contributed by atoms with E-state index in [0.29, 0.717) is 0 Å². The van der Waals surface area contributed by atoms with Crippen LogP contribution in [0, 0.1) is 0 Å². The van der Waals surface area contributed by atoms with Gasteiger partial charge in [-0.25, -0.2) is 9.59 Å². The maximum Gasteiger partial charge on any atom is 0.330 e. The smallest absolute Gasteiger partial charge is 0.330 e. The lowest BCUT2D eigenvalue weighted by Crippen LogP contribution is -2.13. The van der Waals surface area contributed by atoms with E-state index in [-0.39, 0.29) is 19.8 Å². The summed E-state index contributed by atoms with van der Waals surface area (Å²) in [6.07, 6.45) is 17.6. The SMILES string of the molecule is CC(O)COC(=O)C=CCCCCCCCO.O=C(O)C=CCCCCCCCO. The fourth-order valence-electron chi connectivity index (χ4n) is 2.42. The van der Waals surface area contributed by atoms with Gasteiger partial charge in [0.2, 0.25) is 0 Å². The number of carbonyl (C=O) groups excluding carboxylic acids is 1. The van der Waals surface area contributed by atoms with Crippen molar-refractivity contribution in [2.24, 2.45) is 0 Å². The highest BCUT2D eigenvalue weighted by Gasteiger charge is 1.99. The summed E-state index contributed by atoms with van der Waals surface area (Å²) in [6.45, 7) is 2.17. The van der Waals surface area contributed by atoms with E-state index in [1.165, 1.54) is 12.2 Å². The number of carbonyl (C=O) groups is 2. The number of carboxylic acid groups (broad SMARTS) is 1. The first-order valence-electron chi connectivity index (χ1n) is 11.1. The molecule has 0 aromatic carbocycles. The monoisotopic (exact) mass is 430 g/mol. The minimum absolute atomic E-state index is 0.0460. The minimum atomic E-state index is -0.875. The highest BCUT2D eigenvalue weighted by Crippen LogP contribution is 2.06. The molecule has 7 heteroatoms. The summed E-state index contributed by atoms with van der Waals surface area (Å²) >= 11 is 0. The lowest BCUT2D eigenvalue weighted by atomic mass is 10.1. The lowest BCUT2D eigenvalue weighted by molar-refractivity contribution is -0.140. The Hall–Kier alpha value is -1.70. The lowest BCUT2D eigenvalue weighted by Gasteiger charge is -2.03. The first-order valence-corrected chi connectivity index (χ1v) is 11.1. The van der Waals surface area contributed by atoms with Gasteiger partial charge in [0.15, 0.2) is 0 Å².